The van der Waals surface area contributed by atoms with E-state index in [0.717, 1.165) is 0 Å². The summed E-state index contributed by atoms with van der Waals surface area (Å²) in [5.41, 5.74) is 0. The molecule has 2 heteroatoms. The first-order valence-corrected chi connectivity index (χ1v) is 13.4. The highest BCUT2D eigenvalue weighted by atomic mass is 31.2. The van der Waals surface area contributed by atoms with Gasteiger partial charge in [0.25, 0.3) is 0 Å². The number of halogens is 1. The Hall–Kier alpha value is -1.98. The molecule has 0 aliphatic rings. The average Bonchev–Trinajstić information content (AvgIpc) is 2.80. The van der Waals surface area contributed by atoms with Crippen molar-refractivity contribution in [3.63, 3.8) is 0 Å². The Balaban J connectivity index is 0.00000320. The third-order valence-electron chi connectivity index (χ3n) is 5.94. The largest absolute Gasteiger partial charge is 1.00 e. The smallest absolute Gasteiger partial charge is 0.112 e. The van der Waals surface area contributed by atoms with Gasteiger partial charge in [-0.25, -0.2) is 0 Å². The molecular formula is C28H36FP. The van der Waals surface area contributed by atoms with Crippen molar-refractivity contribution in [1.29, 1.82) is 0 Å². The highest BCUT2D eigenvalue weighted by Gasteiger charge is 2.44. The number of hydrogen-bond acceptors (Lipinski definition) is 0. The molecule has 0 radical (unpaired) electrons. The van der Waals surface area contributed by atoms with Gasteiger partial charge in [0.2, 0.25) is 0 Å². The summed E-state index contributed by atoms with van der Waals surface area (Å²) in [6.07, 6.45) is 12.2. The lowest BCUT2D eigenvalue weighted by molar-refractivity contribution is -0.00000587. The molecule has 3 aromatic rings. The van der Waals surface area contributed by atoms with Gasteiger partial charge in [0.15, 0.2) is 0 Å². The van der Waals surface area contributed by atoms with Crippen LogP contribution in [0.5, 0.6) is 0 Å². The summed E-state index contributed by atoms with van der Waals surface area (Å²) in [6.45, 7) is 2.29. The molecule has 0 unspecified atom stereocenters. The number of hydrogen-bond donors (Lipinski definition) is 0. The molecular weight excluding hydrogens is 386 g/mol. The molecule has 160 valence electrons. The van der Waals surface area contributed by atoms with E-state index >= 15 is 0 Å². The minimum atomic E-state index is -1.62. The van der Waals surface area contributed by atoms with Gasteiger partial charge >= 0.3 is 0 Å². The summed E-state index contributed by atoms with van der Waals surface area (Å²) >= 11 is 0. The number of unbranched alkanes of at least 4 members (excludes halogenated alkanes) is 7. The Morgan fingerprint density at radius 2 is 0.800 bits per heavy atom. The fourth-order valence-electron chi connectivity index (χ4n) is 4.36. The Labute approximate surface area is 183 Å². The first-order chi connectivity index (χ1) is 14.4. The maximum Gasteiger partial charge on any atom is 0.112 e. The molecule has 0 nitrogen and oxygen atoms in total. The quantitative estimate of drug-likeness (QED) is 0.304. The minimum absolute atomic E-state index is 0. The fraction of sp³-hybridized carbons (Fsp3) is 0.357. The first-order valence-electron chi connectivity index (χ1n) is 11.4. The molecule has 0 aromatic heterocycles. The zero-order valence-electron chi connectivity index (χ0n) is 18.3. The summed E-state index contributed by atoms with van der Waals surface area (Å²) in [6, 6.07) is 33.9. The minimum Gasteiger partial charge on any atom is -1.00 e. The van der Waals surface area contributed by atoms with Gasteiger partial charge in [-0.3, -0.25) is 0 Å². The van der Waals surface area contributed by atoms with Crippen molar-refractivity contribution in [2.24, 2.45) is 0 Å². The van der Waals surface area contributed by atoms with Gasteiger partial charge in [-0.05, 0) is 49.2 Å². The molecule has 0 atom stereocenters. The zero-order valence-corrected chi connectivity index (χ0v) is 19.2. The van der Waals surface area contributed by atoms with Crippen LogP contribution in [0.4, 0.5) is 0 Å². The van der Waals surface area contributed by atoms with Gasteiger partial charge in [0, 0.05) is 0 Å². The van der Waals surface area contributed by atoms with Gasteiger partial charge in [0.1, 0.15) is 23.2 Å². The second-order valence-electron chi connectivity index (χ2n) is 8.01. The highest BCUT2D eigenvalue weighted by molar-refractivity contribution is 7.95. The van der Waals surface area contributed by atoms with E-state index in [1.54, 1.807) is 0 Å². The third-order valence-corrected chi connectivity index (χ3v) is 10.5. The molecule has 0 aliphatic heterocycles. The average molecular weight is 423 g/mol. The highest BCUT2D eigenvalue weighted by Crippen LogP contribution is 2.55. The molecule has 0 spiro atoms. The van der Waals surface area contributed by atoms with E-state index in [9.17, 15) is 0 Å². The van der Waals surface area contributed by atoms with E-state index in [-0.39, 0.29) is 4.70 Å². The molecule has 3 aromatic carbocycles. The van der Waals surface area contributed by atoms with Crippen molar-refractivity contribution < 1.29 is 4.70 Å². The van der Waals surface area contributed by atoms with Gasteiger partial charge in [-0.1, -0.05) is 100 Å². The lowest BCUT2D eigenvalue weighted by atomic mass is 10.1. The Bertz CT molecular complexity index is 705. The fourth-order valence-corrected chi connectivity index (χ4v) is 8.78. The summed E-state index contributed by atoms with van der Waals surface area (Å²) in [4.78, 5) is 0. The molecule has 0 amide bonds. The van der Waals surface area contributed by atoms with Crippen LogP contribution in [0.2, 0.25) is 0 Å². The molecule has 0 N–H and O–H groups in total. The van der Waals surface area contributed by atoms with Crippen molar-refractivity contribution in [2.75, 3.05) is 6.16 Å². The van der Waals surface area contributed by atoms with Crippen LogP contribution in [0.25, 0.3) is 0 Å². The molecule has 0 bridgehead atoms. The van der Waals surface area contributed by atoms with Crippen molar-refractivity contribution in [3.05, 3.63) is 91.0 Å². The van der Waals surface area contributed by atoms with Crippen LogP contribution < -0.4 is 20.6 Å². The lowest BCUT2D eigenvalue weighted by Gasteiger charge is -2.27. The van der Waals surface area contributed by atoms with Gasteiger partial charge in [-0.15, -0.1) is 0 Å². The molecule has 0 saturated carbocycles. The Morgan fingerprint density at radius 3 is 1.17 bits per heavy atom. The zero-order chi connectivity index (χ0) is 20.2. The summed E-state index contributed by atoms with van der Waals surface area (Å²) in [7, 11) is -1.62. The first kappa shape index (κ1) is 24.3. The molecule has 3 rings (SSSR count). The second-order valence-corrected chi connectivity index (χ2v) is 11.6. The normalized spacial score (nSPS) is 11.1. The predicted molar refractivity (Wildman–Crippen MR) is 133 cm³/mol. The van der Waals surface area contributed by atoms with Crippen LogP contribution >= 0.6 is 7.26 Å². The van der Waals surface area contributed by atoms with Crippen LogP contribution in [0.1, 0.15) is 58.3 Å². The molecule has 0 heterocycles. The Morgan fingerprint density at radius 1 is 0.467 bits per heavy atom. The van der Waals surface area contributed by atoms with E-state index in [4.69, 9.17) is 0 Å². The van der Waals surface area contributed by atoms with E-state index in [2.05, 4.69) is 97.9 Å². The van der Waals surface area contributed by atoms with Crippen LogP contribution in [0.15, 0.2) is 91.0 Å². The van der Waals surface area contributed by atoms with Crippen molar-refractivity contribution >= 4 is 23.2 Å². The molecule has 0 saturated heterocycles. The van der Waals surface area contributed by atoms with Crippen LogP contribution in [0.3, 0.4) is 0 Å². The van der Waals surface area contributed by atoms with E-state index in [1.807, 2.05) is 0 Å². The SMILES string of the molecule is CCCCCCCCCC[P+](c1ccccc1)(c1ccccc1)c1ccccc1.[F-]. The van der Waals surface area contributed by atoms with Gasteiger partial charge in [0.05, 0.1) is 6.16 Å². The number of rotatable bonds is 12. The van der Waals surface area contributed by atoms with E-state index in [1.165, 1.54) is 73.4 Å². The predicted octanol–water partition coefficient (Wildman–Crippen LogP) is 4.13. The molecule has 30 heavy (non-hydrogen) atoms. The van der Waals surface area contributed by atoms with Crippen molar-refractivity contribution in [3.8, 4) is 0 Å². The van der Waals surface area contributed by atoms with E-state index < -0.39 is 7.26 Å². The van der Waals surface area contributed by atoms with Crippen LogP contribution in [0, 0.1) is 0 Å². The molecule has 0 fully saturated rings. The van der Waals surface area contributed by atoms with Crippen molar-refractivity contribution in [2.45, 2.75) is 58.3 Å². The summed E-state index contributed by atoms with van der Waals surface area (Å²) < 4.78 is 0. The number of benzene rings is 3. The monoisotopic (exact) mass is 422 g/mol. The van der Waals surface area contributed by atoms with Gasteiger partial charge < -0.3 is 4.70 Å². The molecule has 0 aliphatic carbocycles. The Kier molecular flexibility index (Phi) is 10.8. The second kappa shape index (κ2) is 13.3. The van der Waals surface area contributed by atoms with Crippen molar-refractivity contribution in [1.82, 2.24) is 0 Å². The standard InChI is InChI=1S/C28H36P.FH/c1-2-3-4-5-6-7-8-18-25-29(26-19-12-9-13-20-26,27-21-14-10-15-22-27)28-23-16-11-17-24-28;/h9-17,19-24H,2-8,18,25H2,1H3;1H/q+1;/p-1. The maximum atomic E-state index is 2.36. The van der Waals surface area contributed by atoms with Gasteiger partial charge in [-0.2, -0.15) is 0 Å². The van der Waals surface area contributed by atoms with E-state index in [0.29, 0.717) is 0 Å². The maximum absolute atomic E-state index is 2.36. The topological polar surface area (TPSA) is 0 Å². The van der Waals surface area contributed by atoms with Crippen LogP contribution in [-0.4, -0.2) is 6.16 Å². The summed E-state index contributed by atoms with van der Waals surface area (Å²) in [5.74, 6) is 0. The summed E-state index contributed by atoms with van der Waals surface area (Å²) in [5, 5.41) is 4.54. The lowest BCUT2D eigenvalue weighted by Crippen LogP contribution is -3.00. The van der Waals surface area contributed by atoms with Crippen LogP contribution in [-0.2, 0) is 0 Å². The third kappa shape index (κ3) is 6.26.